The molecule has 10 nitrogen and oxygen atoms in total. The first kappa shape index (κ1) is 28.3. The van der Waals surface area contributed by atoms with Crippen molar-refractivity contribution in [2.45, 2.75) is 56.8 Å². The molecule has 3 atom stereocenters. The van der Waals surface area contributed by atoms with Crippen molar-refractivity contribution in [3.63, 3.8) is 0 Å². The third-order valence-corrected chi connectivity index (χ3v) is 6.36. The predicted molar refractivity (Wildman–Crippen MR) is 130 cm³/mol. The number of alkyl halides is 4. The van der Waals surface area contributed by atoms with Crippen LogP contribution in [0.15, 0.2) is 24.5 Å². The Balaban J connectivity index is 1.49. The molecular weight excluding hydrogens is 524 g/mol. The topological polar surface area (TPSA) is 121 Å². The van der Waals surface area contributed by atoms with Crippen LogP contribution in [0.3, 0.4) is 0 Å². The maximum atomic E-state index is 15.4. The summed E-state index contributed by atoms with van der Waals surface area (Å²) in [6.07, 6.45) is -6.75. The molecule has 0 radical (unpaired) electrons. The molecule has 39 heavy (non-hydrogen) atoms. The lowest BCUT2D eigenvalue weighted by molar-refractivity contribution is -0.234. The van der Waals surface area contributed by atoms with Gasteiger partial charge in [0, 0.05) is 24.5 Å². The molecule has 0 aliphatic carbocycles. The predicted octanol–water partition coefficient (Wildman–Crippen LogP) is 3.10. The number of anilines is 1. The van der Waals surface area contributed by atoms with Crippen LogP contribution >= 0.6 is 0 Å². The van der Waals surface area contributed by atoms with E-state index in [0.717, 1.165) is 0 Å². The first-order chi connectivity index (χ1) is 18.2. The Kier molecular flexibility index (Phi) is 7.57. The van der Waals surface area contributed by atoms with Crippen molar-refractivity contribution in [1.82, 2.24) is 20.2 Å². The summed E-state index contributed by atoms with van der Waals surface area (Å²) in [5, 5.41) is 12.1. The van der Waals surface area contributed by atoms with Crippen molar-refractivity contribution in [3.8, 4) is 6.07 Å². The maximum absolute atomic E-state index is 15.4. The quantitative estimate of drug-likeness (QED) is 0.575. The van der Waals surface area contributed by atoms with E-state index >= 15 is 4.39 Å². The van der Waals surface area contributed by atoms with E-state index in [4.69, 9.17) is 9.47 Å². The average Bonchev–Trinajstić information content (AvgIpc) is 3.27. The molecule has 0 aromatic carbocycles. The van der Waals surface area contributed by atoms with E-state index in [-0.39, 0.29) is 43.0 Å². The fraction of sp³-hybridized carbons (Fsp3) is 0.560. The van der Waals surface area contributed by atoms with Gasteiger partial charge in [0.1, 0.15) is 22.9 Å². The number of ether oxygens (including phenoxy) is 2. The minimum absolute atomic E-state index is 0.00880. The summed E-state index contributed by atoms with van der Waals surface area (Å²) in [5.74, 6) is -0.925. The lowest BCUT2D eigenvalue weighted by Gasteiger charge is -2.39. The smallest absolute Gasteiger partial charge is 0.416 e. The fourth-order valence-corrected chi connectivity index (χ4v) is 4.49. The molecule has 2 saturated heterocycles. The van der Waals surface area contributed by atoms with E-state index < -0.39 is 54.7 Å². The second-order valence-corrected chi connectivity index (χ2v) is 10.6. The zero-order valence-electron chi connectivity index (χ0n) is 21.6. The monoisotopic (exact) mass is 552 g/mol. The number of halogens is 4. The highest BCUT2D eigenvalue weighted by atomic mass is 19.4. The molecule has 210 valence electrons. The summed E-state index contributed by atoms with van der Waals surface area (Å²) in [6.45, 7) is 3.35. The number of hydrogen-bond donors (Lipinski definition) is 1. The van der Waals surface area contributed by atoms with E-state index in [2.05, 4.69) is 15.3 Å². The van der Waals surface area contributed by atoms with Gasteiger partial charge in [-0.2, -0.15) is 18.4 Å². The van der Waals surface area contributed by atoms with Crippen molar-refractivity contribution in [3.05, 3.63) is 30.2 Å². The molecule has 0 unspecified atom stereocenters. The van der Waals surface area contributed by atoms with Gasteiger partial charge in [-0.3, -0.25) is 9.78 Å². The first-order valence-corrected chi connectivity index (χ1v) is 12.2. The number of fused-ring (bicyclic) bond motifs is 1. The van der Waals surface area contributed by atoms with Crippen molar-refractivity contribution in [2.24, 2.45) is 0 Å². The number of morpholine rings is 1. The number of hydrogen-bond acceptors (Lipinski definition) is 8. The molecule has 4 rings (SSSR count). The minimum Gasteiger partial charge on any atom is -0.444 e. The highest BCUT2D eigenvalue weighted by molar-refractivity contribution is 5.94. The molecular formula is C25H28F4N6O4. The van der Waals surface area contributed by atoms with Gasteiger partial charge in [-0.05, 0) is 32.9 Å². The highest BCUT2D eigenvalue weighted by Gasteiger charge is 2.48. The number of carbonyl (C=O) groups is 2. The van der Waals surface area contributed by atoms with E-state index in [1.54, 1.807) is 32.9 Å². The van der Waals surface area contributed by atoms with Gasteiger partial charge < -0.3 is 24.6 Å². The Hall–Kier alpha value is -3.73. The molecule has 14 heteroatoms. The number of pyridine rings is 2. The normalized spacial score (nSPS) is 23.9. The molecule has 2 aromatic heterocycles. The van der Waals surface area contributed by atoms with Gasteiger partial charge in [0.2, 0.25) is 0 Å². The first-order valence-electron chi connectivity index (χ1n) is 12.2. The molecule has 4 heterocycles. The minimum atomic E-state index is -4.79. The summed E-state index contributed by atoms with van der Waals surface area (Å²) in [4.78, 5) is 35.8. The van der Waals surface area contributed by atoms with Gasteiger partial charge in [-0.25, -0.2) is 14.2 Å². The lowest BCUT2D eigenvalue weighted by Crippen LogP contribution is -2.58. The van der Waals surface area contributed by atoms with Crippen LogP contribution in [0.1, 0.15) is 32.9 Å². The number of amides is 2. The number of carbonyl (C=O) groups excluding carboxylic acids is 2. The van der Waals surface area contributed by atoms with Crippen molar-refractivity contribution in [1.29, 1.82) is 5.26 Å². The molecule has 0 saturated carbocycles. The van der Waals surface area contributed by atoms with Crippen molar-refractivity contribution in [2.75, 3.05) is 37.6 Å². The van der Waals surface area contributed by atoms with E-state index in [0.29, 0.717) is 5.39 Å². The summed E-state index contributed by atoms with van der Waals surface area (Å²) < 4.78 is 67.1. The van der Waals surface area contributed by atoms with Crippen LogP contribution in [-0.2, 0) is 14.3 Å². The molecule has 1 N–H and O–H groups in total. The van der Waals surface area contributed by atoms with Gasteiger partial charge in [0.25, 0.3) is 5.91 Å². The van der Waals surface area contributed by atoms with Crippen LogP contribution in [0.2, 0.25) is 0 Å². The van der Waals surface area contributed by atoms with Crippen molar-refractivity contribution < 1.29 is 36.6 Å². The second kappa shape index (κ2) is 10.4. The number of aromatic nitrogens is 2. The molecule has 0 bridgehead atoms. The summed E-state index contributed by atoms with van der Waals surface area (Å²) >= 11 is 0. The number of nitrogens with zero attached hydrogens (tertiary/aromatic N) is 5. The fourth-order valence-electron chi connectivity index (χ4n) is 4.49. The van der Waals surface area contributed by atoms with Crippen LogP contribution in [-0.4, -0.2) is 89.2 Å². The Bertz CT molecular complexity index is 1290. The summed E-state index contributed by atoms with van der Waals surface area (Å²) in [6, 6.07) is 5.06. The van der Waals surface area contributed by atoms with E-state index in [1.807, 2.05) is 6.07 Å². The molecule has 2 aromatic rings. The third kappa shape index (κ3) is 6.47. The second-order valence-electron chi connectivity index (χ2n) is 10.6. The van der Waals surface area contributed by atoms with Gasteiger partial charge in [0.05, 0.1) is 38.1 Å². The van der Waals surface area contributed by atoms with Crippen LogP contribution in [0.5, 0.6) is 0 Å². The van der Waals surface area contributed by atoms with Gasteiger partial charge in [-0.15, -0.1) is 0 Å². The van der Waals surface area contributed by atoms with Gasteiger partial charge in [0.15, 0.2) is 17.9 Å². The standard InChI is InChI=1S/C25H28F4N6O4/c1-23(2,3)39-22(37)34-8-6-24(26,14-34)13-33-21(36)18-11-35(12-19(38-18)25(27,28)29)17-10-32-16(9-30)20-15(17)5-4-7-31-20/h4-5,7,10,18-19H,6,8,11-14H2,1-3H3,(H,33,36)/t18-,19+,24-/m1/s1. The summed E-state index contributed by atoms with van der Waals surface area (Å²) in [7, 11) is 0. The SMILES string of the molecule is CC(C)(C)OC(=O)N1CC[C@@](F)(CNC(=O)[C@H]2CN(c3cnc(C#N)c4ncccc34)C[C@@H](C(F)(F)F)O2)C1. The van der Waals surface area contributed by atoms with Crippen LogP contribution < -0.4 is 10.2 Å². The Labute approximate surface area is 221 Å². The molecule has 0 spiro atoms. The van der Waals surface area contributed by atoms with Gasteiger partial charge >= 0.3 is 12.3 Å². The van der Waals surface area contributed by atoms with E-state index in [1.165, 1.54) is 22.2 Å². The molecule has 2 fully saturated rings. The van der Waals surface area contributed by atoms with E-state index in [9.17, 15) is 28.0 Å². The number of nitrogens with one attached hydrogen (secondary N) is 1. The molecule has 2 amide bonds. The Morgan fingerprint density at radius 2 is 2.03 bits per heavy atom. The zero-order chi connectivity index (χ0) is 28.6. The molecule has 2 aliphatic rings. The lowest BCUT2D eigenvalue weighted by atomic mass is 10.1. The van der Waals surface area contributed by atoms with Crippen LogP contribution in [0, 0.1) is 11.3 Å². The largest absolute Gasteiger partial charge is 0.444 e. The summed E-state index contributed by atoms with van der Waals surface area (Å²) in [5.41, 5.74) is -2.28. The zero-order valence-corrected chi connectivity index (χ0v) is 21.6. The van der Waals surface area contributed by atoms with Crippen LogP contribution in [0.25, 0.3) is 10.9 Å². The highest BCUT2D eigenvalue weighted by Crippen LogP contribution is 2.34. The molecule has 2 aliphatic heterocycles. The Morgan fingerprint density at radius 3 is 2.69 bits per heavy atom. The number of likely N-dealkylation sites (tertiary alicyclic amines) is 1. The number of rotatable bonds is 4. The average molecular weight is 553 g/mol. The Morgan fingerprint density at radius 1 is 1.28 bits per heavy atom. The van der Waals surface area contributed by atoms with Gasteiger partial charge in [-0.1, -0.05) is 0 Å². The van der Waals surface area contributed by atoms with Crippen LogP contribution in [0.4, 0.5) is 28.0 Å². The van der Waals surface area contributed by atoms with Crippen molar-refractivity contribution >= 4 is 28.6 Å². The third-order valence-electron chi connectivity index (χ3n) is 6.36. The number of nitriles is 1. The maximum Gasteiger partial charge on any atom is 0.416 e.